The fraction of sp³-hybridized carbons (Fsp3) is 0.318. The van der Waals surface area contributed by atoms with Gasteiger partial charge in [-0.2, -0.15) is 0 Å². The van der Waals surface area contributed by atoms with E-state index in [2.05, 4.69) is 16.0 Å². The predicted octanol–water partition coefficient (Wildman–Crippen LogP) is 2.13. The van der Waals surface area contributed by atoms with E-state index in [9.17, 15) is 14.4 Å². The second kappa shape index (κ2) is 7.94. The van der Waals surface area contributed by atoms with Gasteiger partial charge in [0, 0.05) is 35.5 Å². The summed E-state index contributed by atoms with van der Waals surface area (Å²) in [6.07, 6.45) is 2.65. The van der Waals surface area contributed by atoms with Crippen molar-refractivity contribution in [2.24, 2.45) is 0 Å². The van der Waals surface area contributed by atoms with Crippen LogP contribution in [0.5, 0.6) is 0 Å². The lowest BCUT2D eigenvalue weighted by molar-refractivity contribution is -0.122. The Kier molecular flexibility index (Phi) is 5.21. The molecule has 0 radical (unpaired) electrons. The van der Waals surface area contributed by atoms with Crippen LogP contribution in [0.2, 0.25) is 0 Å². The number of nitrogens with one attached hydrogen (secondary N) is 3. The summed E-state index contributed by atoms with van der Waals surface area (Å²) < 4.78 is 0. The molecule has 1 amide bonds. The van der Waals surface area contributed by atoms with Crippen molar-refractivity contribution in [3.8, 4) is 0 Å². The third kappa shape index (κ3) is 3.43. The molecule has 144 valence electrons. The Labute approximate surface area is 163 Å². The molecule has 2 aromatic rings. The van der Waals surface area contributed by atoms with Crippen LogP contribution < -0.4 is 16.0 Å². The van der Waals surface area contributed by atoms with Crippen molar-refractivity contribution in [1.82, 2.24) is 10.6 Å². The third-order valence-electron chi connectivity index (χ3n) is 5.30. The van der Waals surface area contributed by atoms with Gasteiger partial charge >= 0.3 is 0 Å². The molecule has 4 rings (SSSR count). The highest BCUT2D eigenvalue weighted by atomic mass is 16.2. The fourth-order valence-corrected chi connectivity index (χ4v) is 3.85. The quantitative estimate of drug-likeness (QED) is 0.573. The Balaban J connectivity index is 1.39. The number of rotatable bonds is 6. The minimum absolute atomic E-state index is 0.0481. The summed E-state index contributed by atoms with van der Waals surface area (Å²) in [6, 6.07) is 12.2. The molecule has 0 unspecified atom stereocenters. The summed E-state index contributed by atoms with van der Waals surface area (Å²) in [5, 5.41) is 9.37. The predicted molar refractivity (Wildman–Crippen MR) is 107 cm³/mol. The molecule has 0 spiro atoms. The second-order valence-electron chi connectivity index (χ2n) is 7.15. The zero-order valence-electron chi connectivity index (χ0n) is 15.6. The van der Waals surface area contributed by atoms with Crippen molar-refractivity contribution in [2.75, 3.05) is 25.0 Å². The number of fused-ring (bicyclic) bond motifs is 2. The summed E-state index contributed by atoms with van der Waals surface area (Å²) in [7, 11) is 0. The van der Waals surface area contributed by atoms with Crippen molar-refractivity contribution in [3.63, 3.8) is 0 Å². The highest BCUT2D eigenvalue weighted by Crippen LogP contribution is 2.31. The van der Waals surface area contributed by atoms with Crippen molar-refractivity contribution in [3.05, 3.63) is 64.7 Å². The van der Waals surface area contributed by atoms with Gasteiger partial charge in [-0.3, -0.25) is 14.4 Å². The number of carbonyl (C=O) groups is 3. The number of benzene rings is 2. The van der Waals surface area contributed by atoms with Gasteiger partial charge in [-0.1, -0.05) is 36.4 Å². The van der Waals surface area contributed by atoms with Crippen LogP contribution in [0.4, 0.5) is 5.69 Å². The van der Waals surface area contributed by atoms with Crippen LogP contribution in [0.1, 0.15) is 51.1 Å². The minimum Gasteiger partial charge on any atom is -0.384 e. The molecule has 1 fully saturated rings. The molecular formula is C22H23N3O3. The van der Waals surface area contributed by atoms with Crippen LogP contribution >= 0.6 is 0 Å². The van der Waals surface area contributed by atoms with Crippen molar-refractivity contribution >= 4 is 23.2 Å². The Morgan fingerprint density at radius 3 is 2.46 bits per heavy atom. The second-order valence-corrected chi connectivity index (χ2v) is 7.15. The molecule has 2 aromatic carbocycles. The van der Waals surface area contributed by atoms with Gasteiger partial charge in [0.2, 0.25) is 5.91 Å². The number of ketones is 2. The molecule has 1 aliphatic heterocycles. The van der Waals surface area contributed by atoms with Crippen LogP contribution in [-0.4, -0.2) is 43.1 Å². The van der Waals surface area contributed by atoms with E-state index >= 15 is 0 Å². The number of amides is 1. The van der Waals surface area contributed by atoms with Crippen LogP contribution in [0.3, 0.4) is 0 Å². The lowest BCUT2D eigenvalue weighted by Crippen LogP contribution is -2.41. The number of anilines is 1. The lowest BCUT2D eigenvalue weighted by Gasteiger charge is -2.20. The molecular weight excluding hydrogens is 354 g/mol. The molecule has 1 heterocycles. The standard InChI is InChI=1S/C22H23N3O3/c26-20-14-6-1-2-7-15(14)21(27)19-16(20)8-3-9-17(19)23-12-5-13-25-22(28)18-10-4-11-24-18/h1-3,6-9,18,23-24H,4-5,10-13H2,(H,25,28)/t18-/m1/s1. The van der Waals surface area contributed by atoms with Gasteiger partial charge in [-0.15, -0.1) is 0 Å². The molecule has 0 aromatic heterocycles. The average molecular weight is 377 g/mol. The van der Waals surface area contributed by atoms with Crippen LogP contribution in [0.25, 0.3) is 0 Å². The third-order valence-corrected chi connectivity index (χ3v) is 5.30. The lowest BCUT2D eigenvalue weighted by atomic mass is 9.83. The van der Waals surface area contributed by atoms with E-state index in [1.54, 1.807) is 36.4 Å². The van der Waals surface area contributed by atoms with E-state index in [0.717, 1.165) is 25.8 Å². The molecule has 1 aliphatic carbocycles. The van der Waals surface area contributed by atoms with E-state index in [-0.39, 0.29) is 23.5 Å². The van der Waals surface area contributed by atoms with Crippen molar-refractivity contribution in [2.45, 2.75) is 25.3 Å². The van der Waals surface area contributed by atoms with Crippen LogP contribution in [0, 0.1) is 0 Å². The summed E-state index contributed by atoms with van der Waals surface area (Å²) in [4.78, 5) is 37.7. The SMILES string of the molecule is O=C1c2ccccc2C(=O)c2c(NCCCNC(=O)[C@H]3CCCN3)cccc21. The normalized spacial score (nSPS) is 17.8. The molecule has 6 nitrogen and oxygen atoms in total. The van der Waals surface area contributed by atoms with Crippen LogP contribution in [0.15, 0.2) is 42.5 Å². The smallest absolute Gasteiger partial charge is 0.237 e. The summed E-state index contributed by atoms with van der Waals surface area (Å²) in [6.45, 7) is 2.06. The van der Waals surface area contributed by atoms with Crippen molar-refractivity contribution < 1.29 is 14.4 Å². The molecule has 0 saturated carbocycles. The Morgan fingerprint density at radius 2 is 1.71 bits per heavy atom. The summed E-state index contributed by atoms with van der Waals surface area (Å²) in [5.41, 5.74) is 2.44. The molecule has 6 heteroatoms. The molecule has 1 saturated heterocycles. The largest absolute Gasteiger partial charge is 0.384 e. The van der Waals surface area contributed by atoms with E-state index in [1.807, 2.05) is 6.07 Å². The molecule has 3 N–H and O–H groups in total. The highest BCUT2D eigenvalue weighted by Gasteiger charge is 2.31. The first kappa shape index (κ1) is 18.4. The van der Waals surface area contributed by atoms with Gasteiger partial charge in [0.15, 0.2) is 11.6 Å². The zero-order chi connectivity index (χ0) is 19.5. The fourth-order valence-electron chi connectivity index (χ4n) is 3.85. The Morgan fingerprint density at radius 1 is 0.964 bits per heavy atom. The number of carbonyl (C=O) groups excluding carboxylic acids is 3. The van der Waals surface area contributed by atoms with E-state index in [1.165, 1.54) is 0 Å². The first-order valence-corrected chi connectivity index (χ1v) is 9.73. The first-order valence-electron chi connectivity index (χ1n) is 9.73. The van der Waals surface area contributed by atoms with Crippen LogP contribution in [-0.2, 0) is 4.79 Å². The number of hydrogen-bond acceptors (Lipinski definition) is 5. The summed E-state index contributed by atoms with van der Waals surface area (Å²) >= 11 is 0. The van der Waals surface area contributed by atoms with E-state index in [0.29, 0.717) is 41.0 Å². The zero-order valence-corrected chi connectivity index (χ0v) is 15.6. The van der Waals surface area contributed by atoms with Gasteiger partial charge < -0.3 is 16.0 Å². The number of hydrogen-bond donors (Lipinski definition) is 3. The summed E-state index contributed by atoms with van der Waals surface area (Å²) in [5.74, 6) is -0.203. The topological polar surface area (TPSA) is 87.3 Å². The Hall–Kier alpha value is -2.99. The molecule has 2 aliphatic rings. The van der Waals surface area contributed by atoms with Gasteiger partial charge in [-0.05, 0) is 31.9 Å². The van der Waals surface area contributed by atoms with Gasteiger partial charge in [-0.25, -0.2) is 0 Å². The van der Waals surface area contributed by atoms with Crippen molar-refractivity contribution in [1.29, 1.82) is 0 Å². The molecule has 28 heavy (non-hydrogen) atoms. The maximum absolute atomic E-state index is 12.9. The maximum atomic E-state index is 12.9. The molecule has 1 atom stereocenters. The maximum Gasteiger partial charge on any atom is 0.237 e. The Bertz CT molecular complexity index is 932. The average Bonchev–Trinajstić information content (AvgIpc) is 3.26. The first-order chi connectivity index (χ1) is 13.7. The van der Waals surface area contributed by atoms with Gasteiger partial charge in [0.05, 0.1) is 11.6 Å². The van der Waals surface area contributed by atoms with Gasteiger partial charge in [0.1, 0.15) is 0 Å². The molecule has 0 bridgehead atoms. The van der Waals surface area contributed by atoms with E-state index in [4.69, 9.17) is 0 Å². The monoisotopic (exact) mass is 377 g/mol. The van der Waals surface area contributed by atoms with E-state index < -0.39 is 0 Å². The van der Waals surface area contributed by atoms with Gasteiger partial charge in [0.25, 0.3) is 0 Å². The minimum atomic E-state index is -0.131. The highest BCUT2D eigenvalue weighted by molar-refractivity contribution is 6.30.